The number of nitrogens with one attached hydrogen (secondary N) is 2. The number of fused-ring (bicyclic) bond motifs is 1. The van der Waals surface area contributed by atoms with Crippen molar-refractivity contribution in [3.63, 3.8) is 0 Å². The summed E-state index contributed by atoms with van der Waals surface area (Å²) < 4.78 is 14.0. The number of carbonyl (C=O) groups is 1. The molecule has 0 atom stereocenters. The highest BCUT2D eigenvalue weighted by atomic mass is 19.1. The van der Waals surface area contributed by atoms with Crippen molar-refractivity contribution in [2.75, 3.05) is 6.54 Å². The van der Waals surface area contributed by atoms with Crippen LogP contribution in [0.5, 0.6) is 0 Å². The zero-order valence-corrected chi connectivity index (χ0v) is 15.5. The first-order valence-corrected chi connectivity index (χ1v) is 8.99. The number of H-pyrrole nitrogens is 1. The molecule has 1 amide bonds. The second-order valence-electron chi connectivity index (χ2n) is 6.75. The van der Waals surface area contributed by atoms with Gasteiger partial charge in [0.2, 0.25) is 6.17 Å². The molecule has 1 aliphatic heterocycles. The molecule has 0 saturated heterocycles. The summed E-state index contributed by atoms with van der Waals surface area (Å²) in [4.78, 5) is 15.5. The first-order chi connectivity index (χ1) is 13.5. The molecule has 0 unspecified atom stereocenters. The van der Waals surface area contributed by atoms with E-state index in [2.05, 4.69) is 31.0 Å². The van der Waals surface area contributed by atoms with E-state index >= 15 is 0 Å². The summed E-state index contributed by atoms with van der Waals surface area (Å²) in [6, 6.07) is 10.3. The first kappa shape index (κ1) is 18.0. The van der Waals surface area contributed by atoms with E-state index in [1.54, 1.807) is 30.3 Å². The lowest BCUT2D eigenvalue weighted by atomic mass is 10.0. The Hall–Kier alpha value is -3.42. The molecule has 7 nitrogen and oxygen atoms in total. The third-order valence-electron chi connectivity index (χ3n) is 4.92. The molecular formula is C20H19FN6O. The van der Waals surface area contributed by atoms with Gasteiger partial charge in [-0.3, -0.25) is 4.79 Å². The number of hydrogen-bond acceptors (Lipinski definition) is 5. The average Bonchev–Trinajstić information content (AvgIpc) is 3.34. The average molecular weight is 378 g/mol. The predicted octanol–water partition coefficient (Wildman–Crippen LogP) is 4.73. The highest BCUT2D eigenvalue weighted by Crippen LogP contribution is 2.28. The Bertz CT molecular complexity index is 1090. The summed E-state index contributed by atoms with van der Waals surface area (Å²) in [5, 5.41) is 18.5. The maximum absolute atomic E-state index is 14.0. The first-order valence-electron chi connectivity index (χ1n) is 8.99. The third kappa shape index (κ3) is 3.28. The van der Waals surface area contributed by atoms with Gasteiger partial charge in [-0.25, -0.2) is 4.39 Å². The van der Waals surface area contributed by atoms with E-state index < -0.39 is 6.17 Å². The minimum Gasteiger partial charge on any atom is -0.356 e. The van der Waals surface area contributed by atoms with Crippen LogP contribution in [0.1, 0.15) is 38.9 Å². The molecule has 0 aliphatic carbocycles. The van der Waals surface area contributed by atoms with Gasteiger partial charge in [-0.15, -0.1) is 10.2 Å². The van der Waals surface area contributed by atoms with E-state index in [9.17, 15) is 9.18 Å². The topological polar surface area (TPSA) is 94.3 Å². The highest BCUT2D eigenvalue weighted by Gasteiger charge is 2.15. The Morgan fingerprint density at radius 2 is 1.82 bits per heavy atom. The van der Waals surface area contributed by atoms with Gasteiger partial charge in [-0.05, 0) is 60.0 Å². The van der Waals surface area contributed by atoms with E-state index in [1.807, 2.05) is 13.8 Å². The van der Waals surface area contributed by atoms with E-state index in [4.69, 9.17) is 0 Å². The van der Waals surface area contributed by atoms with Gasteiger partial charge in [0, 0.05) is 28.8 Å². The summed E-state index contributed by atoms with van der Waals surface area (Å²) in [7, 11) is 0. The summed E-state index contributed by atoms with van der Waals surface area (Å²) in [6.45, 7) is 4.34. The molecule has 2 N–H and O–H groups in total. The Morgan fingerprint density at radius 1 is 1.11 bits per heavy atom. The van der Waals surface area contributed by atoms with Crippen LogP contribution in [0.2, 0.25) is 0 Å². The molecule has 0 spiro atoms. The number of hydrogen-bond donors (Lipinski definition) is 2. The quantitative estimate of drug-likeness (QED) is 0.660. The molecular weight excluding hydrogens is 359 g/mol. The normalized spacial score (nSPS) is 13.5. The zero-order chi connectivity index (χ0) is 19.7. The van der Waals surface area contributed by atoms with Gasteiger partial charge in [0.05, 0.1) is 5.52 Å². The molecule has 1 aromatic heterocycles. The van der Waals surface area contributed by atoms with Crippen molar-refractivity contribution in [2.45, 2.75) is 26.4 Å². The number of aromatic nitrogens is 1. The summed E-state index contributed by atoms with van der Waals surface area (Å²) >= 11 is 0. The number of nitrogens with zero attached hydrogens (tertiary/aromatic N) is 4. The van der Waals surface area contributed by atoms with Gasteiger partial charge in [0.1, 0.15) is 5.82 Å². The largest absolute Gasteiger partial charge is 0.356 e. The maximum Gasteiger partial charge on any atom is 0.251 e. The van der Waals surface area contributed by atoms with Crippen molar-refractivity contribution >= 4 is 16.8 Å². The molecule has 3 aromatic rings. The lowest BCUT2D eigenvalue weighted by molar-refractivity contribution is 0.0954. The SMILES string of the molecule is Cc1[nH]c2c(F)ccc(C)c2c1CCNC(=O)c1ccc(C2N=NN=N2)cc1. The zero-order valence-electron chi connectivity index (χ0n) is 15.5. The molecule has 142 valence electrons. The Labute approximate surface area is 160 Å². The molecule has 0 bridgehead atoms. The van der Waals surface area contributed by atoms with Crippen molar-refractivity contribution in [2.24, 2.45) is 20.7 Å². The van der Waals surface area contributed by atoms with Gasteiger partial charge in [-0.1, -0.05) is 18.2 Å². The molecule has 8 heteroatoms. The lowest BCUT2D eigenvalue weighted by Gasteiger charge is -2.08. The summed E-state index contributed by atoms with van der Waals surface area (Å²) in [5.74, 6) is -0.429. The molecule has 0 radical (unpaired) electrons. The van der Waals surface area contributed by atoms with Crippen LogP contribution in [0.15, 0.2) is 57.1 Å². The van der Waals surface area contributed by atoms with Crippen molar-refractivity contribution in [3.05, 3.63) is 70.2 Å². The van der Waals surface area contributed by atoms with Crippen LogP contribution < -0.4 is 5.32 Å². The van der Waals surface area contributed by atoms with Crippen LogP contribution in [0.3, 0.4) is 0 Å². The smallest absolute Gasteiger partial charge is 0.251 e. The third-order valence-corrected chi connectivity index (χ3v) is 4.92. The molecule has 0 saturated carbocycles. The van der Waals surface area contributed by atoms with Crippen LogP contribution in [0.4, 0.5) is 4.39 Å². The van der Waals surface area contributed by atoms with Gasteiger partial charge in [-0.2, -0.15) is 0 Å². The van der Waals surface area contributed by atoms with Crippen molar-refractivity contribution < 1.29 is 9.18 Å². The minimum atomic E-state index is -0.425. The van der Waals surface area contributed by atoms with Crippen molar-refractivity contribution in [1.29, 1.82) is 0 Å². The monoisotopic (exact) mass is 378 g/mol. The van der Waals surface area contributed by atoms with Crippen LogP contribution in [-0.2, 0) is 6.42 Å². The van der Waals surface area contributed by atoms with Gasteiger partial charge < -0.3 is 10.3 Å². The Balaban J connectivity index is 1.43. The second kappa shape index (κ2) is 7.30. The molecule has 2 aromatic carbocycles. The fraction of sp³-hybridized carbons (Fsp3) is 0.250. The molecule has 28 heavy (non-hydrogen) atoms. The number of carbonyl (C=O) groups excluding carboxylic acids is 1. The number of benzene rings is 2. The molecule has 2 heterocycles. The van der Waals surface area contributed by atoms with E-state index in [0.717, 1.165) is 27.8 Å². The summed E-state index contributed by atoms with van der Waals surface area (Å²) in [6.07, 6.45) is 0.189. The second-order valence-corrected chi connectivity index (χ2v) is 6.75. The maximum atomic E-state index is 14.0. The molecule has 0 fully saturated rings. The van der Waals surface area contributed by atoms with E-state index in [0.29, 0.717) is 24.0 Å². The Morgan fingerprint density at radius 3 is 2.54 bits per heavy atom. The summed E-state index contributed by atoms with van der Waals surface area (Å²) in [5.41, 5.74) is 4.86. The van der Waals surface area contributed by atoms with Gasteiger partial charge >= 0.3 is 0 Å². The van der Waals surface area contributed by atoms with Crippen molar-refractivity contribution in [3.8, 4) is 0 Å². The van der Waals surface area contributed by atoms with E-state index in [-0.39, 0.29) is 11.7 Å². The Kier molecular flexibility index (Phi) is 4.68. The van der Waals surface area contributed by atoms with Crippen molar-refractivity contribution in [1.82, 2.24) is 10.3 Å². The standard InChI is InChI=1S/C20H19FN6O/c1-11-3-8-16(21)18-17(11)15(12(2)23-18)9-10-22-20(28)14-6-4-13(5-7-14)19-24-26-27-25-19/h3-8,19,23H,9-10H2,1-2H3,(H,22,28). The number of aromatic amines is 1. The fourth-order valence-electron chi connectivity index (χ4n) is 3.47. The highest BCUT2D eigenvalue weighted by molar-refractivity contribution is 5.94. The number of halogens is 1. The van der Waals surface area contributed by atoms with Crippen LogP contribution in [0.25, 0.3) is 10.9 Å². The minimum absolute atomic E-state index is 0.165. The molecule has 4 rings (SSSR count). The van der Waals surface area contributed by atoms with Crippen LogP contribution in [-0.4, -0.2) is 17.4 Å². The van der Waals surface area contributed by atoms with Crippen LogP contribution in [0, 0.1) is 19.7 Å². The molecule has 1 aliphatic rings. The fourth-order valence-corrected chi connectivity index (χ4v) is 3.47. The van der Waals surface area contributed by atoms with Gasteiger partial charge in [0.25, 0.3) is 5.91 Å². The van der Waals surface area contributed by atoms with Gasteiger partial charge in [0.15, 0.2) is 0 Å². The number of amides is 1. The predicted molar refractivity (Wildman–Crippen MR) is 103 cm³/mol. The van der Waals surface area contributed by atoms with Crippen LogP contribution >= 0.6 is 0 Å². The lowest BCUT2D eigenvalue weighted by Crippen LogP contribution is -2.25. The van der Waals surface area contributed by atoms with E-state index in [1.165, 1.54) is 6.07 Å². The number of rotatable bonds is 5. The number of aryl methyl sites for hydroxylation is 2.